The number of likely N-dealkylation sites (tertiary alicyclic amines) is 1. The number of hydrogen-bond acceptors (Lipinski definition) is 5. The van der Waals surface area contributed by atoms with Crippen LogP contribution >= 0.6 is 11.3 Å². The minimum atomic E-state index is -0.497. The first-order chi connectivity index (χ1) is 13.1. The lowest BCUT2D eigenvalue weighted by atomic mass is 9.89. The summed E-state index contributed by atoms with van der Waals surface area (Å²) in [6.45, 7) is 4.23. The number of nitrogen functional groups attached to an aromatic ring is 1. The van der Waals surface area contributed by atoms with Crippen molar-refractivity contribution in [3.05, 3.63) is 59.7 Å². The number of thiazole rings is 1. The topological polar surface area (TPSA) is 62.4 Å². The fraction of sp³-hybridized carbons (Fsp3) is 0.409. The summed E-state index contributed by atoms with van der Waals surface area (Å²) < 4.78 is 1.04. The molecule has 0 amide bonds. The third-order valence-corrected chi connectivity index (χ3v) is 6.67. The third kappa shape index (κ3) is 4.15. The lowest BCUT2D eigenvalue weighted by Gasteiger charge is -2.38. The summed E-state index contributed by atoms with van der Waals surface area (Å²) >= 11 is 1.47. The van der Waals surface area contributed by atoms with E-state index < -0.39 is 6.10 Å². The van der Waals surface area contributed by atoms with Gasteiger partial charge in [0.15, 0.2) is 5.13 Å². The van der Waals surface area contributed by atoms with Gasteiger partial charge in [0.2, 0.25) is 0 Å². The Balaban J connectivity index is 1.37. The molecular weight excluding hydrogens is 354 g/mol. The molecule has 2 atom stereocenters. The molecule has 2 aromatic carbocycles. The molecule has 1 aliphatic heterocycles. The lowest BCUT2D eigenvalue weighted by Crippen LogP contribution is -2.43. The number of anilines is 1. The summed E-state index contributed by atoms with van der Waals surface area (Å²) in [5.41, 5.74) is 9.08. The number of nitrogens with two attached hydrogens (primary N) is 1. The smallest absolute Gasteiger partial charge is 0.181 e. The van der Waals surface area contributed by atoms with E-state index in [4.69, 9.17) is 5.73 Å². The second-order valence-electron chi connectivity index (χ2n) is 7.63. The number of piperidine rings is 1. The van der Waals surface area contributed by atoms with Gasteiger partial charge in [-0.3, -0.25) is 4.90 Å². The fourth-order valence-corrected chi connectivity index (χ4v) is 4.92. The minimum absolute atomic E-state index is 0.102. The van der Waals surface area contributed by atoms with Gasteiger partial charge in [-0.25, -0.2) is 4.98 Å². The zero-order valence-corrected chi connectivity index (χ0v) is 16.5. The molecule has 142 valence electrons. The number of aliphatic hydroxyl groups is 1. The fourth-order valence-electron chi connectivity index (χ4n) is 4.13. The van der Waals surface area contributed by atoms with Crippen LogP contribution in [0.2, 0.25) is 0 Å². The minimum Gasteiger partial charge on any atom is -0.387 e. The Labute approximate surface area is 164 Å². The van der Waals surface area contributed by atoms with E-state index in [-0.39, 0.29) is 6.04 Å². The molecule has 0 radical (unpaired) electrons. The molecule has 0 aliphatic carbocycles. The van der Waals surface area contributed by atoms with Crippen LogP contribution in [-0.2, 0) is 6.42 Å². The Morgan fingerprint density at radius 1 is 1.19 bits per heavy atom. The number of aromatic nitrogens is 1. The number of benzene rings is 2. The van der Waals surface area contributed by atoms with E-state index in [9.17, 15) is 5.11 Å². The van der Waals surface area contributed by atoms with Crippen molar-refractivity contribution in [2.45, 2.75) is 38.3 Å². The standard InChI is InChI=1S/C22H27N3OS/c1-15(21(26)18-7-8-19-20(14-18)27-22(23)24-19)25-11-9-17(10-12-25)13-16-5-3-2-4-6-16/h2-8,14-15,17,21,26H,9-13H2,1H3,(H2,23,24)/t15-,21-/m1/s1. The van der Waals surface area contributed by atoms with Crippen LogP contribution in [0, 0.1) is 5.92 Å². The van der Waals surface area contributed by atoms with Crippen molar-refractivity contribution >= 4 is 26.7 Å². The highest BCUT2D eigenvalue weighted by molar-refractivity contribution is 7.22. The quantitative estimate of drug-likeness (QED) is 0.693. The zero-order chi connectivity index (χ0) is 18.8. The van der Waals surface area contributed by atoms with Gasteiger partial charge in [-0.2, -0.15) is 0 Å². The predicted octanol–water partition coefficient (Wildman–Crippen LogP) is 4.26. The number of nitrogens with zero attached hydrogens (tertiary/aromatic N) is 2. The number of hydrogen-bond donors (Lipinski definition) is 2. The van der Waals surface area contributed by atoms with Gasteiger partial charge < -0.3 is 10.8 Å². The molecule has 4 nitrogen and oxygen atoms in total. The second-order valence-corrected chi connectivity index (χ2v) is 8.70. The van der Waals surface area contributed by atoms with Gasteiger partial charge in [0, 0.05) is 6.04 Å². The van der Waals surface area contributed by atoms with Gasteiger partial charge in [0.25, 0.3) is 0 Å². The molecule has 5 heteroatoms. The van der Waals surface area contributed by atoms with Crippen molar-refractivity contribution in [3.8, 4) is 0 Å². The monoisotopic (exact) mass is 381 g/mol. The summed E-state index contributed by atoms with van der Waals surface area (Å²) in [5, 5.41) is 11.5. The van der Waals surface area contributed by atoms with Gasteiger partial charge in [-0.1, -0.05) is 47.7 Å². The van der Waals surface area contributed by atoms with E-state index in [1.807, 2.05) is 18.2 Å². The van der Waals surface area contributed by atoms with Crippen LogP contribution in [-0.4, -0.2) is 34.1 Å². The predicted molar refractivity (Wildman–Crippen MR) is 113 cm³/mol. The first-order valence-corrected chi connectivity index (χ1v) is 10.5. The zero-order valence-electron chi connectivity index (χ0n) is 15.7. The largest absolute Gasteiger partial charge is 0.387 e. The summed E-state index contributed by atoms with van der Waals surface area (Å²) in [7, 11) is 0. The van der Waals surface area contributed by atoms with Crippen molar-refractivity contribution in [1.29, 1.82) is 0 Å². The van der Waals surface area contributed by atoms with Crippen molar-refractivity contribution in [1.82, 2.24) is 9.88 Å². The summed E-state index contributed by atoms with van der Waals surface area (Å²) in [4.78, 5) is 6.72. The molecule has 27 heavy (non-hydrogen) atoms. The van der Waals surface area contributed by atoms with Crippen LogP contribution in [0.3, 0.4) is 0 Å². The highest BCUT2D eigenvalue weighted by Crippen LogP contribution is 2.31. The molecule has 2 heterocycles. The summed E-state index contributed by atoms with van der Waals surface area (Å²) in [6.07, 6.45) is 3.05. The van der Waals surface area contributed by atoms with Gasteiger partial charge in [0.05, 0.1) is 16.3 Å². The molecule has 1 saturated heterocycles. The molecule has 1 aliphatic rings. The average Bonchev–Trinajstić information content (AvgIpc) is 3.07. The number of rotatable bonds is 5. The Hall–Kier alpha value is -1.95. The van der Waals surface area contributed by atoms with Crippen LogP contribution in [0.15, 0.2) is 48.5 Å². The molecule has 0 bridgehead atoms. The van der Waals surface area contributed by atoms with Gasteiger partial charge in [-0.15, -0.1) is 0 Å². The molecule has 3 aromatic rings. The number of fused-ring (bicyclic) bond motifs is 1. The van der Waals surface area contributed by atoms with Gasteiger partial charge in [0.1, 0.15) is 0 Å². The van der Waals surface area contributed by atoms with Crippen LogP contribution in [0.5, 0.6) is 0 Å². The molecule has 0 saturated carbocycles. The molecular formula is C22H27N3OS. The van der Waals surface area contributed by atoms with E-state index in [1.54, 1.807) is 0 Å². The Bertz CT molecular complexity index is 887. The average molecular weight is 382 g/mol. The Kier molecular flexibility index (Phi) is 5.43. The van der Waals surface area contributed by atoms with E-state index >= 15 is 0 Å². The van der Waals surface area contributed by atoms with Crippen LogP contribution in [0.4, 0.5) is 5.13 Å². The van der Waals surface area contributed by atoms with Crippen LogP contribution in [0.25, 0.3) is 10.2 Å². The maximum Gasteiger partial charge on any atom is 0.181 e. The Morgan fingerprint density at radius 3 is 2.67 bits per heavy atom. The maximum atomic E-state index is 10.9. The SMILES string of the molecule is C[C@H]([C@@H](O)c1ccc2nc(N)sc2c1)N1CCC(Cc2ccccc2)CC1. The Morgan fingerprint density at radius 2 is 1.93 bits per heavy atom. The summed E-state index contributed by atoms with van der Waals surface area (Å²) in [5.74, 6) is 0.740. The number of aliphatic hydroxyl groups excluding tert-OH is 1. The first kappa shape index (κ1) is 18.4. The lowest BCUT2D eigenvalue weighted by molar-refractivity contribution is 0.0374. The maximum absolute atomic E-state index is 10.9. The second kappa shape index (κ2) is 7.97. The molecule has 4 rings (SSSR count). The van der Waals surface area contributed by atoms with Crippen molar-refractivity contribution < 1.29 is 5.11 Å². The molecule has 1 fully saturated rings. The third-order valence-electron chi connectivity index (χ3n) is 5.82. The van der Waals surface area contributed by atoms with Gasteiger partial charge >= 0.3 is 0 Å². The molecule has 3 N–H and O–H groups in total. The molecule has 1 aromatic heterocycles. The van der Waals surface area contributed by atoms with E-state index in [2.05, 4.69) is 47.1 Å². The normalized spacial score (nSPS) is 18.6. The highest BCUT2D eigenvalue weighted by Gasteiger charge is 2.27. The molecule has 0 spiro atoms. The van der Waals surface area contributed by atoms with Crippen molar-refractivity contribution in [2.75, 3.05) is 18.8 Å². The van der Waals surface area contributed by atoms with Crippen molar-refractivity contribution in [2.24, 2.45) is 5.92 Å². The summed E-state index contributed by atoms with van der Waals surface area (Å²) in [6, 6.07) is 16.8. The van der Waals surface area contributed by atoms with Crippen molar-refractivity contribution in [3.63, 3.8) is 0 Å². The first-order valence-electron chi connectivity index (χ1n) is 9.72. The highest BCUT2D eigenvalue weighted by atomic mass is 32.1. The van der Waals surface area contributed by atoms with Crippen LogP contribution in [0.1, 0.15) is 37.0 Å². The van der Waals surface area contributed by atoms with Crippen LogP contribution < -0.4 is 5.73 Å². The van der Waals surface area contributed by atoms with Gasteiger partial charge in [-0.05, 0) is 68.5 Å². The van der Waals surface area contributed by atoms with E-state index in [1.165, 1.54) is 29.7 Å². The molecule has 0 unspecified atom stereocenters. The van der Waals surface area contributed by atoms with E-state index in [0.29, 0.717) is 5.13 Å². The van der Waals surface area contributed by atoms with E-state index in [0.717, 1.165) is 41.2 Å².